The predicted octanol–water partition coefficient (Wildman–Crippen LogP) is 4.00. The van der Waals surface area contributed by atoms with Gasteiger partial charge in [0.25, 0.3) is 0 Å². The Morgan fingerprint density at radius 3 is 2.86 bits per heavy atom. The number of anilines is 1. The molecule has 0 fully saturated rings. The van der Waals surface area contributed by atoms with Gasteiger partial charge in [0.15, 0.2) is 11.6 Å². The molecule has 3 nitrogen and oxygen atoms in total. The molecular weight excluding hydrogens is 267 g/mol. The van der Waals surface area contributed by atoms with Gasteiger partial charge in [0.2, 0.25) is 0 Å². The summed E-state index contributed by atoms with van der Waals surface area (Å²) < 4.78 is 13.3. The van der Waals surface area contributed by atoms with Crippen LogP contribution in [-0.2, 0) is 6.54 Å². The Hall–Kier alpha value is -2.62. The highest BCUT2D eigenvalue weighted by atomic mass is 19.1. The maximum Gasteiger partial charge on any atom is 0.165 e. The number of pyridine rings is 1. The normalized spacial score (nSPS) is 10.8. The fourth-order valence-electron chi connectivity index (χ4n) is 2.33. The molecule has 0 radical (unpaired) electrons. The second-order valence-corrected chi connectivity index (χ2v) is 4.97. The van der Waals surface area contributed by atoms with Gasteiger partial charge in [-0.15, -0.1) is 0 Å². The third kappa shape index (κ3) is 2.65. The number of fused-ring (bicyclic) bond motifs is 1. The number of aryl methyl sites for hydroxylation is 1. The lowest BCUT2D eigenvalue weighted by Gasteiger charge is -2.11. The molecule has 0 saturated carbocycles. The summed E-state index contributed by atoms with van der Waals surface area (Å²) in [5, 5.41) is 13.5. The zero-order valence-electron chi connectivity index (χ0n) is 11.6. The van der Waals surface area contributed by atoms with Gasteiger partial charge in [-0.05, 0) is 48.4 Å². The van der Waals surface area contributed by atoms with Gasteiger partial charge in [-0.25, -0.2) is 4.39 Å². The fraction of sp³-hybridized carbons (Fsp3) is 0.118. The zero-order valence-corrected chi connectivity index (χ0v) is 11.6. The molecule has 3 aromatic rings. The molecule has 1 heterocycles. The molecule has 0 amide bonds. The minimum absolute atomic E-state index is 0.330. The number of halogens is 1. The number of benzene rings is 2. The molecule has 0 bridgehead atoms. The van der Waals surface area contributed by atoms with Crippen LogP contribution in [0.5, 0.6) is 5.75 Å². The topological polar surface area (TPSA) is 45.1 Å². The fourth-order valence-corrected chi connectivity index (χ4v) is 2.33. The number of aromatic hydroxyl groups is 1. The van der Waals surface area contributed by atoms with E-state index in [0.717, 1.165) is 27.7 Å². The Labute approximate surface area is 122 Å². The lowest BCUT2D eigenvalue weighted by Crippen LogP contribution is -2.01. The van der Waals surface area contributed by atoms with E-state index in [9.17, 15) is 9.50 Å². The van der Waals surface area contributed by atoms with Crippen molar-refractivity contribution in [3.8, 4) is 5.75 Å². The van der Waals surface area contributed by atoms with Crippen molar-refractivity contribution in [2.24, 2.45) is 0 Å². The highest BCUT2D eigenvalue weighted by Gasteiger charge is 2.05. The number of phenols is 1. The van der Waals surface area contributed by atoms with E-state index in [-0.39, 0.29) is 5.75 Å². The molecule has 0 aliphatic carbocycles. The van der Waals surface area contributed by atoms with Gasteiger partial charge in [-0.1, -0.05) is 12.1 Å². The van der Waals surface area contributed by atoms with Crippen LogP contribution in [0.15, 0.2) is 48.7 Å². The molecule has 1 aromatic heterocycles. The van der Waals surface area contributed by atoms with Crippen molar-refractivity contribution in [1.29, 1.82) is 0 Å². The molecule has 0 unspecified atom stereocenters. The molecule has 0 aliphatic rings. The van der Waals surface area contributed by atoms with Gasteiger partial charge in [0, 0.05) is 23.8 Å². The molecular formula is C17H15FN2O. The monoisotopic (exact) mass is 282 g/mol. The standard InChI is InChI=1S/C17H15FN2O/c1-11-4-6-15(13-3-2-8-19-17(11)13)20-10-12-5-7-16(21)14(18)9-12/h2-9,20-21H,10H2,1H3. The minimum atomic E-state index is -0.607. The smallest absolute Gasteiger partial charge is 0.165 e. The number of aromatic nitrogens is 1. The Bertz CT molecular complexity index is 802. The van der Waals surface area contributed by atoms with Crippen LogP contribution in [0.4, 0.5) is 10.1 Å². The van der Waals surface area contributed by atoms with E-state index in [4.69, 9.17) is 0 Å². The second-order valence-electron chi connectivity index (χ2n) is 4.97. The van der Waals surface area contributed by atoms with E-state index >= 15 is 0 Å². The van der Waals surface area contributed by atoms with Crippen LogP contribution >= 0.6 is 0 Å². The summed E-state index contributed by atoms with van der Waals surface area (Å²) in [6.45, 7) is 2.50. The van der Waals surface area contributed by atoms with Crippen LogP contribution in [-0.4, -0.2) is 10.1 Å². The Morgan fingerprint density at radius 1 is 1.19 bits per heavy atom. The Kier molecular flexibility index (Phi) is 3.44. The van der Waals surface area contributed by atoms with Gasteiger partial charge in [-0.3, -0.25) is 4.98 Å². The molecule has 3 rings (SSSR count). The van der Waals surface area contributed by atoms with Crippen molar-refractivity contribution >= 4 is 16.6 Å². The molecule has 2 aromatic carbocycles. The molecule has 2 N–H and O–H groups in total. The summed E-state index contributed by atoms with van der Waals surface area (Å²) in [5.74, 6) is -0.937. The summed E-state index contributed by atoms with van der Waals surface area (Å²) in [6.07, 6.45) is 1.77. The highest BCUT2D eigenvalue weighted by Crippen LogP contribution is 2.25. The van der Waals surface area contributed by atoms with E-state index in [0.29, 0.717) is 6.54 Å². The van der Waals surface area contributed by atoms with E-state index in [1.54, 1.807) is 12.3 Å². The molecule has 0 spiro atoms. The minimum Gasteiger partial charge on any atom is -0.505 e. The molecule has 0 atom stereocenters. The molecule has 0 saturated heterocycles. The number of nitrogens with zero attached hydrogens (tertiary/aromatic N) is 1. The lowest BCUT2D eigenvalue weighted by molar-refractivity contribution is 0.432. The molecule has 21 heavy (non-hydrogen) atoms. The third-order valence-electron chi connectivity index (χ3n) is 3.47. The Morgan fingerprint density at radius 2 is 2.05 bits per heavy atom. The summed E-state index contributed by atoms with van der Waals surface area (Å²) >= 11 is 0. The third-order valence-corrected chi connectivity index (χ3v) is 3.47. The average Bonchev–Trinajstić information content (AvgIpc) is 2.50. The van der Waals surface area contributed by atoms with Crippen molar-refractivity contribution in [3.63, 3.8) is 0 Å². The number of rotatable bonds is 3. The maximum absolute atomic E-state index is 13.3. The van der Waals surface area contributed by atoms with Crippen molar-refractivity contribution in [2.45, 2.75) is 13.5 Å². The number of hydrogen-bond donors (Lipinski definition) is 2. The van der Waals surface area contributed by atoms with Crippen LogP contribution in [0.1, 0.15) is 11.1 Å². The number of nitrogens with one attached hydrogen (secondary N) is 1. The molecule has 106 valence electrons. The van der Waals surface area contributed by atoms with E-state index in [1.807, 2.05) is 31.2 Å². The lowest BCUT2D eigenvalue weighted by atomic mass is 10.1. The number of hydrogen-bond acceptors (Lipinski definition) is 3. The summed E-state index contributed by atoms with van der Waals surface area (Å²) in [5.41, 5.74) is 3.80. The van der Waals surface area contributed by atoms with Crippen LogP contribution in [0.25, 0.3) is 10.9 Å². The van der Waals surface area contributed by atoms with E-state index in [2.05, 4.69) is 10.3 Å². The van der Waals surface area contributed by atoms with Gasteiger partial charge >= 0.3 is 0 Å². The van der Waals surface area contributed by atoms with Crippen LogP contribution in [0.3, 0.4) is 0 Å². The maximum atomic E-state index is 13.3. The van der Waals surface area contributed by atoms with Gasteiger partial charge < -0.3 is 10.4 Å². The van der Waals surface area contributed by atoms with Gasteiger partial charge in [0.05, 0.1) is 5.52 Å². The first-order valence-corrected chi connectivity index (χ1v) is 6.71. The van der Waals surface area contributed by atoms with Crippen molar-refractivity contribution < 1.29 is 9.50 Å². The first-order valence-electron chi connectivity index (χ1n) is 6.71. The first kappa shape index (κ1) is 13.4. The predicted molar refractivity (Wildman–Crippen MR) is 81.9 cm³/mol. The number of phenolic OH excluding ortho intramolecular Hbond substituents is 1. The average molecular weight is 282 g/mol. The largest absolute Gasteiger partial charge is 0.505 e. The second kappa shape index (κ2) is 5.40. The van der Waals surface area contributed by atoms with Gasteiger partial charge in [-0.2, -0.15) is 0 Å². The van der Waals surface area contributed by atoms with Gasteiger partial charge in [0.1, 0.15) is 0 Å². The van der Waals surface area contributed by atoms with Crippen molar-refractivity contribution in [3.05, 3.63) is 65.6 Å². The first-order chi connectivity index (χ1) is 10.1. The summed E-state index contributed by atoms with van der Waals surface area (Å²) in [4.78, 5) is 4.39. The zero-order chi connectivity index (χ0) is 14.8. The van der Waals surface area contributed by atoms with E-state index < -0.39 is 5.82 Å². The van der Waals surface area contributed by atoms with E-state index in [1.165, 1.54) is 12.1 Å². The molecule has 0 aliphatic heterocycles. The molecule has 4 heteroatoms. The summed E-state index contributed by atoms with van der Waals surface area (Å²) in [6, 6.07) is 12.3. The van der Waals surface area contributed by atoms with Crippen LogP contribution < -0.4 is 5.32 Å². The van der Waals surface area contributed by atoms with Crippen molar-refractivity contribution in [2.75, 3.05) is 5.32 Å². The quantitative estimate of drug-likeness (QED) is 0.763. The Balaban J connectivity index is 1.88. The SMILES string of the molecule is Cc1ccc(NCc2ccc(O)c(F)c2)c2cccnc12. The summed E-state index contributed by atoms with van der Waals surface area (Å²) in [7, 11) is 0. The van der Waals surface area contributed by atoms with Crippen molar-refractivity contribution in [1.82, 2.24) is 4.98 Å². The van der Waals surface area contributed by atoms with Crippen LogP contribution in [0, 0.1) is 12.7 Å². The van der Waals surface area contributed by atoms with Crippen LogP contribution in [0.2, 0.25) is 0 Å². The highest BCUT2D eigenvalue weighted by molar-refractivity contribution is 5.93.